The lowest BCUT2D eigenvalue weighted by Crippen LogP contribution is -2.48. The van der Waals surface area contributed by atoms with Gasteiger partial charge in [0.2, 0.25) is 5.78 Å². The lowest BCUT2D eigenvalue weighted by atomic mass is 10.1. The summed E-state index contributed by atoms with van der Waals surface area (Å²) in [6, 6.07) is 14.8. The van der Waals surface area contributed by atoms with Crippen molar-refractivity contribution in [1.82, 2.24) is 4.57 Å². The maximum atomic E-state index is 12.7. The molecule has 0 bridgehead atoms. The van der Waals surface area contributed by atoms with Gasteiger partial charge in [0.15, 0.2) is 6.54 Å². The highest BCUT2D eigenvalue weighted by Crippen LogP contribution is 2.12. The SMILES string of the molecule is CCc1n(C)c(=O)c2ccccc2[n+]1CC(=O)c1ccc(Br)cc1. The predicted octanol–water partition coefficient (Wildman–Crippen LogP) is 3.03. The van der Waals surface area contributed by atoms with Crippen molar-refractivity contribution in [3.63, 3.8) is 0 Å². The van der Waals surface area contributed by atoms with Crippen LogP contribution in [0.1, 0.15) is 23.1 Å². The van der Waals surface area contributed by atoms with Gasteiger partial charge >= 0.3 is 5.56 Å². The summed E-state index contributed by atoms with van der Waals surface area (Å²) in [5.74, 6) is 0.857. The Hall–Kier alpha value is -2.27. The maximum Gasteiger partial charge on any atom is 0.345 e. The summed E-state index contributed by atoms with van der Waals surface area (Å²) in [5, 5.41) is 0.626. The molecule has 0 N–H and O–H groups in total. The number of rotatable bonds is 4. The van der Waals surface area contributed by atoms with Crippen LogP contribution in [0.4, 0.5) is 0 Å². The topological polar surface area (TPSA) is 43.0 Å². The summed E-state index contributed by atoms with van der Waals surface area (Å²) < 4.78 is 4.52. The van der Waals surface area contributed by atoms with Crippen molar-refractivity contribution in [3.05, 3.63) is 74.7 Å². The van der Waals surface area contributed by atoms with Crippen molar-refractivity contribution in [1.29, 1.82) is 0 Å². The van der Waals surface area contributed by atoms with Gasteiger partial charge in [-0.3, -0.25) is 4.79 Å². The number of halogens is 1. The number of carbonyl (C=O) groups excluding carboxylic acids is 1. The number of hydrogen-bond donors (Lipinski definition) is 0. The van der Waals surface area contributed by atoms with Gasteiger partial charge in [-0.2, -0.15) is 4.57 Å². The Morgan fingerprint density at radius 2 is 1.79 bits per heavy atom. The average Bonchev–Trinajstić information content (AvgIpc) is 2.60. The molecule has 0 atom stereocenters. The van der Waals surface area contributed by atoms with Gasteiger partial charge in [0.05, 0.1) is 7.05 Å². The van der Waals surface area contributed by atoms with E-state index < -0.39 is 0 Å². The normalized spacial score (nSPS) is 11.0. The molecule has 5 heteroatoms. The summed E-state index contributed by atoms with van der Waals surface area (Å²) in [4.78, 5) is 25.2. The van der Waals surface area contributed by atoms with Crippen molar-refractivity contribution in [2.45, 2.75) is 19.9 Å². The van der Waals surface area contributed by atoms with E-state index >= 15 is 0 Å². The summed E-state index contributed by atoms with van der Waals surface area (Å²) in [5.41, 5.74) is 1.42. The van der Waals surface area contributed by atoms with E-state index in [1.54, 1.807) is 17.7 Å². The molecule has 2 aromatic carbocycles. The number of ketones is 1. The molecule has 24 heavy (non-hydrogen) atoms. The van der Waals surface area contributed by atoms with E-state index in [9.17, 15) is 9.59 Å². The zero-order valence-electron chi connectivity index (χ0n) is 13.6. The van der Waals surface area contributed by atoms with E-state index in [2.05, 4.69) is 15.9 Å². The molecule has 1 aromatic heterocycles. The van der Waals surface area contributed by atoms with Crippen molar-refractivity contribution in [2.75, 3.05) is 0 Å². The summed E-state index contributed by atoms with van der Waals surface area (Å²) in [7, 11) is 1.76. The summed E-state index contributed by atoms with van der Waals surface area (Å²) in [6.07, 6.45) is 0.671. The number of hydrogen-bond acceptors (Lipinski definition) is 2. The maximum absolute atomic E-state index is 12.7. The molecular formula is C19H18BrN2O2+. The molecule has 0 aliphatic heterocycles. The second-order valence-electron chi connectivity index (χ2n) is 5.67. The lowest BCUT2D eigenvalue weighted by Gasteiger charge is -2.11. The third kappa shape index (κ3) is 2.91. The molecule has 4 nitrogen and oxygen atoms in total. The first-order valence-electron chi connectivity index (χ1n) is 7.82. The molecule has 0 fully saturated rings. The van der Waals surface area contributed by atoms with Crippen LogP contribution in [0.5, 0.6) is 0 Å². The van der Waals surface area contributed by atoms with E-state index in [-0.39, 0.29) is 17.9 Å². The van der Waals surface area contributed by atoms with Gasteiger partial charge in [0, 0.05) is 16.5 Å². The van der Waals surface area contributed by atoms with Crippen LogP contribution in [0.15, 0.2) is 57.8 Å². The highest BCUT2D eigenvalue weighted by Gasteiger charge is 2.22. The lowest BCUT2D eigenvalue weighted by molar-refractivity contribution is -0.669. The molecule has 0 aliphatic carbocycles. The standard InChI is InChI=1S/C19H18BrN2O2/c1-3-18-21(2)19(24)15-6-4-5-7-16(15)22(18)12-17(23)13-8-10-14(20)11-9-13/h4-11H,3,12H2,1-2H3/q+1. The number of para-hydroxylation sites is 1. The zero-order valence-corrected chi connectivity index (χ0v) is 15.2. The Labute approximate surface area is 148 Å². The monoisotopic (exact) mass is 385 g/mol. The molecule has 122 valence electrons. The molecule has 3 aromatic rings. The van der Waals surface area contributed by atoms with Gasteiger partial charge in [0.25, 0.3) is 5.82 Å². The van der Waals surface area contributed by atoms with E-state index in [4.69, 9.17) is 0 Å². The molecule has 0 amide bonds. The number of aromatic nitrogens is 2. The molecule has 0 aliphatic rings. The van der Waals surface area contributed by atoms with Crippen molar-refractivity contribution in [2.24, 2.45) is 7.05 Å². The van der Waals surface area contributed by atoms with Crippen LogP contribution < -0.4 is 10.1 Å². The Balaban J connectivity index is 2.15. The van der Waals surface area contributed by atoms with Crippen molar-refractivity contribution < 1.29 is 9.36 Å². The summed E-state index contributed by atoms with van der Waals surface area (Å²) in [6.45, 7) is 2.20. The number of Topliss-reactive ketones (excluding diaryl/α,β-unsaturated/α-hetero) is 1. The molecular weight excluding hydrogens is 368 g/mol. The molecule has 3 rings (SSSR count). The predicted molar refractivity (Wildman–Crippen MR) is 97.2 cm³/mol. The minimum absolute atomic E-state index is 0.0194. The third-order valence-electron chi connectivity index (χ3n) is 4.21. The minimum atomic E-state index is -0.0326. The van der Waals surface area contributed by atoms with Crippen LogP contribution >= 0.6 is 15.9 Å². The number of carbonyl (C=O) groups is 1. The van der Waals surface area contributed by atoms with Crippen LogP contribution in [-0.4, -0.2) is 10.4 Å². The number of nitrogens with zero attached hydrogens (tertiary/aromatic N) is 2. The molecule has 0 radical (unpaired) electrons. The van der Waals surface area contributed by atoms with Gasteiger partial charge in [-0.1, -0.05) is 47.1 Å². The molecule has 0 saturated heterocycles. The fraction of sp³-hybridized carbons (Fsp3) is 0.211. The van der Waals surface area contributed by atoms with Crippen LogP contribution in [-0.2, 0) is 20.0 Å². The minimum Gasteiger partial charge on any atom is -0.290 e. The first kappa shape index (κ1) is 16.6. The van der Waals surface area contributed by atoms with Gasteiger partial charge in [0.1, 0.15) is 10.9 Å². The van der Waals surface area contributed by atoms with Crippen molar-refractivity contribution >= 4 is 32.6 Å². The molecule has 0 spiro atoms. The highest BCUT2D eigenvalue weighted by atomic mass is 79.9. The average molecular weight is 386 g/mol. The van der Waals surface area contributed by atoms with Gasteiger partial charge in [-0.05, 0) is 24.3 Å². The fourth-order valence-electron chi connectivity index (χ4n) is 2.98. The Morgan fingerprint density at radius 1 is 1.12 bits per heavy atom. The quantitative estimate of drug-likeness (QED) is 0.511. The van der Waals surface area contributed by atoms with Crippen LogP contribution in [0.3, 0.4) is 0 Å². The highest BCUT2D eigenvalue weighted by molar-refractivity contribution is 9.10. The second kappa shape index (κ2) is 6.69. The Morgan fingerprint density at radius 3 is 2.46 bits per heavy atom. The first-order chi connectivity index (χ1) is 11.5. The van der Waals surface area contributed by atoms with Crippen LogP contribution in [0.2, 0.25) is 0 Å². The second-order valence-corrected chi connectivity index (χ2v) is 6.58. The fourth-order valence-corrected chi connectivity index (χ4v) is 3.25. The van der Waals surface area contributed by atoms with Crippen molar-refractivity contribution in [3.8, 4) is 0 Å². The largest absolute Gasteiger partial charge is 0.345 e. The van der Waals surface area contributed by atoms with E-state index in [0.717, 1.165) is 15.8 Å². The van der Waals surface area contributed by atoms with Gasteiger partial charge < -0.3 is 0 Å². The van der Waals surface area contributed by atoms with Gasteiger partial charge in [-0.15, -0.1) is 0 Å². The molecule has 0 saturated carbocycles. The van der Waals surface area contributed by atoms with E-state index in [1.807, 2.05) is 54.0 Å². The smallest absolute Gasteiger partial charge is 0.290 e. The Bertz CT molecular complexity index is 975. The van der Waals surface area contributed by atoms with E-state index in [1.165, 1.54) is 0 Å². The zero-order chi connectivity index (χ0) is 17.3. The molecule has 0 unspecified atom stereocenters. The van der Waals surface area contributed by atoms with Crippen LogP contribution in [0.25, 0.3) is 10.9 Å². The van der Waals surface area contributed by atoms with Gasteiger partial charge in [-0.25, -0.2) is 9.36 Å². The third-order valence-corrected chi connectivity index (χ3v) is 4.74. The summed E-state index contributed by atoms with van der Waals surface area (Å²) >= 11 is 3.38. The van der Waals surface area contributed by atoms with E-state index in [0.29, 0.717) is 17.4 Å². The first-order valence-corrected chi connectivity index (χ1v) is 8.61. The molecule has 1 heterocycles. The number of fused-ring (bicyclic) bond motifs is 1. The number of benzene rings is 2. The Kier molecular flexibility index (Phi) is 4.62. The van der Waals surface area contributed by atoms with Crippen LogP contribution in [0, 0.1) is 0 Å².